The molecule has 100 valence electrons. The molecule has 18 heavy (non-hydrogen) atoms. The molecule has 1 rings (SSSR count). The monoisotopic (exact) mass is 258 g/mol. The van der Waals surface area contributed by atoms with E-state index in [2.05, 4.69) is 5.32 Å². The van der Waals surface area contributed by atoms with E-state index < -0.39 is 10.7 Å². The third kappa shape index (κ3) is 4.27. The number of ether oxygens (including phenoxy) is 1. The Morgan fingerprint density at radius 1 is 1.56 bits per heavy atom. The molecule has 0 aliphatic carbocycles. The summed E-state index contributed by atoms with van der Waals surface area (Å²) in [5, 5.41) is 22.5. The third-order valence-electron chi connectivity index (χ3n) is 2.35. The summed E-state index contributed by atoms with van der Waals surface area (Å²) in [6.45, 7) is 0.253. The minimum absolute atomic E-state index is 0.173. The van der Waals surface area contributed by atoms with E-state index in [0.29, 0.717) is 13.0 Å². The fraction of sp³-hybridized carbons (Fsp3) is 0.455. The second-order valence-electron chi connectivity index (χ2n) is 3.76. The fourth-order valence-electron chi connectivity index (χ4n) is 1.47. The molecule has 7 heteroatoms. The number of halogens is 1. The Morgan fingerprint density at radius 3 is 2.83 bits per heavy atom. The summed E-state index contributed by atoms with van der Waals surface area (Å²) in [7, 11) is 1.53. The highest BCUT2D eigenvalue weighted by Crippen LogP contribution is 2.20. The normalized spacial score (nSPS) is 12.2. The van der Waals surface area contributed by atoms with Crippen LogP contribution in [0.25, 0.3) is 0 Å². The zero-order chi connectivity index (χ0) is 13.5. The second kappa shape index (κ2) is 6.87. The summed E-state index contributed by atoms with van der Waals surface area (Å²) in [6.07, 6.45) is 0.511. The van der Waals surface area contributed by atoms with E-state index in [1.807, 2.05) is 0 Å². The van der Waals surface area contributed by atoms with Gasteiger partial charge in [-0.1, -0.05) is 0 Å². The molecular formula is C11H15FN2O4. The van der Waals surface area contributed by atoms with Gasteiger partial charge in [-0.15, -0.1) is 0 Å². The van der Waals surface area contributed by atoms with Crippen LogP contribution in [0, 0.1) is 15.9 Å². The Balaban J connectivity index is 2.79. The smallest absolute Gasteiger partial charge is 0.274 e. The van der Waals surface area contributed by atoms with Crippen molar-refractivity contribution in [1.29, 1.82) is 0 Å². The van der Waals surface area contributed by atoms with Crippen molar-refractivity contribution in [2.24, 2.45) is 0 Å². The summed E-state index contributed by atoms with van der Waals surface area (Å²) in [5.41, 5.74) is -0.0715. The molecule has 0 aliphatic heterocycles. The SMILES string of the molecule is COCCC(CO)Nc1cc(F)cc([N+](=O)[O-])c1. The number of aliphatic hydroxyl groups excluding tert-OH is 1. The van der Waals surface area contributed by atoms with Crippen LogP contribution in [0.5, 0.6) is 0 Å². The average Bonchev–Trinajstić information content (AvgIpc) is 2.33. The van der Waals surface area contributed by atoms with Gasteiger partial charge in [-0.05, 0) is 12.5 Å². The van der Waals surface area contributed by atoms with Crippen LogP contribution in [0.1, 0.15) is 6.42 Å². The second-order valence-corrected chi connectivity index (χ2v) is 3.76. The van der Waals surface area contributed by atoms with Gasteiger partial charge in [-0.3, -0.25) is 10.1 Å². The topological polar surface area (TPSA) is 84.6 Å². The highest BCUT2D eigenvalue weighted by atomic mass is 19.1. The first-order valence-electron chi connectivity index (χ1n) is 5.38. The third-order valence-corrected chi connectivity index (χ3v) is 2.35. The van der Waals surface area contributed by atoms with E-state index in [4.69, 9.17) is 9.84 Å². The first-order valence-corrected chi connectivity index (χ1v) is 5.38. The predicted molar refractivity (Wildman–Crippen MR) is 64.0 cm³/mol. The highest BCUT2D eigenvalue weighted by molar-refractivity contribution is 5.52. The van der Waals surface area contributed by atoms with Crippen LogP contribution >= 0.6 is 0 Å². The zero-order valence-corrected chi connectivity index (χ0v) is 9.93. The molecule has 0 heterocycles. The molecule has 0 saturated heterocycles. The molecule has 1 aromatic rings. The number of nitro benzene ring substituents is 1. The standard InChI is InChI=1S/C11H15FN2O4/c1-18-3-2-9(7-15)13-10-4-8(12)5-11(6-10)14(16)17/h4-6,9,13,15H,2-3,7H2,1H3. The molecule has 1 aromatic carbocycles. The molecule has 0 aliphatic rings. The van der Waals surface area contributed by atoms with Gasteiger partial charge in [-0.2, -0.15) is 0 Å². The van der Waals surface area contributed by atoms with E-state index >= 15 is 0 Å². The average molecular weight is 258 g/mol. The van der Waals surface area contributed by atoms with Crippen molar-refractivity contribution in [2.45, 2.75) is 12.5 Å². The van der Waals surface area contributed by atoms with Crippen LogP contribution in [0.15, 0.2) is 18.2 Å². The maximum atomic E-state index is 13.2. The lowest BCUT2D eigenvalue weighted by atomic mass is 10.2. The predicted octanol–water partition coefficient (Wildman–Crippen LogP) is 1.54. The van der Waals surface area contributed by atoms with Crippen LogP contribution in [0.3, 0.4) is 0 Å². The first-order chi connectivity index (χ1) is 8.56. The molecular weight excluding hydrogens is 243 g/mol. The quantitative estimate of drug-likeness (QED) is 0.572. The number of aliphatic hydroxyl groups is 1. The lowest BCUT2D eigenvalue weighted by Crippen LogP contribution is -2.25. The lowest BCUT2D eigenvalue weighted by molar-refractivity contribution is -0.385. The molecule has 0 aromatic heterocycles. The summed E-state index contributed by atoms with van der Waals surface area (Å²) in [6, 6.07) is 2.86. The Morgan fingerprint density at radius 2 is 2.28 bits per heavy atom. The van der Waals surface area contributed by atoms with Crippen molar-refractivity contribution >= 4 is 11.4 Å². The Bertz CT molecular complexity index is 414. The van der Waals surface area contributed by atoms with Gasteiger partial charge < -0.3 is 15.2 Å². The Kier molecular flexibility index (Phi) is 5.47. The highest BCUT2D eigenvalue weighted by Gasteiger charge is 2.12. The molecule has 0 amide bonds. The van der Waals surface area contributed by atoms with Gasteiger partial charge >= 0.3 is 0 Å². The van der Waals surface area contributed by atoms with Gasteiger partial charge in [-0.25, -0.2) is 4.39 Å². The number of nitrogens with one attached hydrogen (secondary N) is 1. The summed E-state index contributed by atoms with van der Waals surface area (Å²) >= 11 is 0. The molecule has 1 atom stereocenters. The van der Waals surface area contributed by atoms with E-state index in [-0.39, 0.29) is 24.0 Å². The summed E-state index contributed by atoms with van der Waals surface area (Å²) < 4.78 is 18.0. The number of benzene rings is 1. The lowest BCUT2D eigenvalue weighted by Gasteiger charge is -2.17. The zero-order valence-electron chi connectivity index (χ0n) is 9.93. The summed E-state index contributed by atoms with van der Waals surface area (Å²) in [5.74, 6) is -0.699. The molecule has 0 saturated carbocycles. The summed E-state index contributed by atoms with van der Waals surface area (Å²) in [4.78, 5) is 9.91. The largest absolute Gasteiger partial charge is 0.394 e. The van der Waals surface area contributed by atoms with Crippen LogP contribution in [0.2, 0.25) is 0 Å². The molecule has 2 N–H and O–H groups in total. The molecule has 1 unspecified atom stereocenters. The minimum Gasteiger partial charge on any atom is -0.394 e. The maximum absolute atomic E-state index is 13.2. The Labute approximate surface area is 104 Å². The fourth-order valence-corrected chi connectivity index (χ4v) is 1.47. The van der Waals surface area contributed by atoms with Gasteiger partial charge in [0.15, 0.2) is 0 Å². The molecule has 0 fully saturated rings. The van der Waals surface area contributed by atoms with Crippen LogP contribution < -0.4 is 5.32 Å². The maximum Gasteiger partial charge on any atom is 0.274 e. The van der Waals surface area contributed by atoms with Gasteiger partial charge in [0.05, 0.1) is 23.6 Å². The van der Waals surface area contributed by atoms with Crippen LogP contribution in [-0.4, -0.2) is 36.4 Å². The number of rotatable bonds is 7. The number of nitrogens with zero attached hydrogens (tertiary/aromatic N) is 1. The number of nitro groups is 1. The van der Waals surface area contributed by atoms with Gasteiger partial charge in [0, 0.05) is 25.5 Å². The first kappa shape index (κ1) is 14.3. The van der Waals surface area contributed by atoms with Gasteiger partial charge in [0.2, 0.25) is 0 Å². The van der Waals surface area contributed by atoms with Crippen molar-refractivity contribution < 1.29 is 19.2 Å². The van der Waals surface area contributed by atoms with Crippen molar-refractivity contribution in [1.82, 2.24) is 0 Å². The van der Waals surface area contributed by atoms with E-state index in [0.717, 1.165) is 12.1 Å². The molecule has 0 radical (unpaired) electrons. The number of non-ortho nitro benzene ring substituents is 1. The van der Waals surface area contributed by atoms with E-state index in [1.165, 1.54) is 13.2 Å². The van der Waals surface area contributed by atoms with E-state index in [9.17, 15) is 14.5 Å². The van der Waals surface area contributed by atoms with Crippen molar-refractivity contribution in [3.05, 3.63) is 34.1 Å². The van der Waals surface area contributed by atoms with Crippen LogP contribution in [-0.2, 0) is 4.74 Å². The van der Waals surface area contributed by atoms with Crippen molar-refractivity contribution in [3.8, 4) is 0 Å². The number of hydrogen-bond donors (Lipinski definition) is 2. The number of methoxy groups -OCH3 is 1. The molecule has 0 bridgehead atoms. The van der Waals surface area contributed by atoms with Crippen molar-refractivity contribution in [2.75, 3.05) is 25.6 Å². The number of anilines is 1. The Hall–Kier alpha value is -1.73. The van der Waals surface area contributed by atoms with E-state index in [1.54, 1.807) is 0 Å². The van der Waals surface area contributed by atoms with Crippen molar-refractivity contribution in [3.63, 3.8) is 0 Å². The van der Waals surface area contributed by atoms with Gasteiger partial charge in [0.1, 0.15) is 5.82 Å². The van der Waals surface area contributed by atoms with Crippen LogP contribution in [0.4, 0.5) is 15.8 Å². The van der Waals surface area contributed by atoms with Gasteiger partial charge in [0.25, 0.3) is 5.69 Å². The molecule has 6 nitrogen and oxygen atoms in total. The minimum atomic E-state index is -0.699. The molecule has 0 spiro atoms. The number of hydrogen-bond acceptors (Lipinski definition) is 5.